The van der Waals surface area contributed by atoms with Crippen LogP contribution >= 0.6 is 11.3 Å². The second-order valence-corrected chi connectivity index (χ2v) is 6.46. The number of nitrogens with one attached hydrogen (secondary N) is 1. The summed E-state index contributed by atoms with van der Waals surface area (Å²) in [5, 5.41) is 17.9. The molecule has 18 heavy (non-hydrogen) atoms. The van der Waals surface area contributed by atoms with Crippen molar-refractivity contribution in [3.63, 3.8) is 0 Å². The Morgan fingerprint density at radius 3 is 2.78 bits per heavy atom. The molecule has 2 aromatic heterocycles. The highest BCUT2D eigenvalue weighted by Crippen LogP contribution is 2.39. The molecule has 2 aliphatic rings. The molecule has 2 aromatic rings. The van der Waals surface area contributed by atoms with Crippen LogP contribution in [0.2, 0.25) is 0 Å². The van der Waals surface area contributed by atoms with Gasteiger partial charge in [0.2, 0.25) is 4.96 Å². The van der Waals surface area contributed by atoms with E-state index in [2.05, 4.69) is 15.5 Å². The van der Waals surface area contributed by atoms with E-state index < -0.39 is 0 Å². The predicted octanol–water partition coefficient (Wildman–Crippen LogP) is 1.61. The third kappa shape index (κ3) is 1.93. The maximum atomic E-state index is 4.72. The minimum atomic E-state index is 0.619. The molecule has 0 bridgehead atoms. The summed E-state index contributed by atoms with van der Waals surface area (Å²) in [7, 11) is 0. The van der Waals surface area contributed by atoms with Crippen molar-refractivity contribution in [2.24, 2.45) is 5.92 Å². The normalized spacial score (nSPS) is 21.8. The molecule has 0 spiro atoms. The second-order valence-electron chi connectivity index (χ2n) is 5.42. The summed E-state index contributed by atoms with van der Waals surface area (Å²) in [5.74, 6) is 2.49. The maximum Gasteiger partial charge on any atom is 0.234 e. The zero-order valence-corrected chi connectivity index (χ0v) is 11.1. The zero-order chi connectivity index (χ0) is 11.9. The Labute approximate surface area is 110 Å². The number of nitrogens with zero attached hydrogens (tertiary/aromatic N) is 4. The van der Waals surface area contributed by atoms with Crippen LogP contribution in [0.1, 0.15) is 42.4 Å². The van der Waals surface area contributed by atoms with Crippen LogP contribution in [0.4, 0.5) is 0 Å². The van der Waals surface area contributed by atoms with E-state index in [4.69, 9.17) is 5.10 Å². The number of aromatic nitrogens is 4. The van der Waals surface area contributed by atoms with Crippen molar-refractivity contribution in [1.29, 1.82) is 0 Å². The fourth-order valence-corrected chi connectivity index (χ4v) is 3.64. The van der Waals surface area contributed by atoms with E-state index >= 15 is 0 Å². The monoisotopic (exact) mass is 263 g/mol. The van der Waals surface area contributed by atoms with Gasteiger partial charge in [-0.3, -0.25) is 0 Å². The molecule has 6 heteroatoms. The van der Waals surface area contributed by atoms with Gasteiger partial charge in [0.25, 0.3) is 0 Å². The van der Waals surface area contributed by atoms with Crippen LogP contribution in [-0.2, 0) is 6.42 Å². The number of hydrogen-bond donors (Lipinski definition) is 1. The highest BCUT2D eigenvalue weighted by Gasteiger charge is 2.30. The molecule has 96 valence electrons. The van der Waals surface area contributed by atoms with Gasteiger partial charge in [0.1, 0.15) is 5.01 Å². The number of fused-ring (bicyclic) bond motifs is 1. The topological polar surface area (TPSA) is 55.1 Å². The average Bonchev–Trinajstić information content (AvgIpc) is 3.03. The van der Waals surface area contributed by atoms with Gasteiger partial charge in [-0.05, 0) is 44.7 Å². The van der Waals surface area contributed by atoms with Crippen LogP contribution in [-0.4, -0.2) is 32.9 Å². The van der Waals surface area contributed by atoms with Gasteiger partial charge in [-0.15, -0.1) is 10.2 Å². The SMILES string of the molecule is C1CC(Cc2nn3c(C4CC4)nnc3s2)CCN1. The highest BCUT2D eigenvalue weighted by molar-refractivity contribution is 7.16. The Morgan fingerprint density at radius 2 is 2.00 bits per heavy atom. The van der Waals surface area contributed by atoms with Crippen LogP contribution in [0.5, 0.6) is 0 Å². The summed E-state index contributed by atoms with van der Waals surface area (Å²) in [4.78, 5) is 0.973. The Kier molecular flexibility index (Phi) is 2.58. The van der Waals surface area contributed by atoms with Crippen LogP contribution < -0.4 is 5.32 Å². The summed E-state index contributed by atoms with van der Waals surface area (Å²) in [5.41, 5.74) is 0. The number of piperidine rings is 1. The first kappa shape index (κ1) is 10.9. The second kappa shape index (κ2) is 4.28. The fraction of sp³-hybridized carbons (Fsp3) is 0.750. The molecule has 0 unspecified atom stereocenters. The smallest absolute Gasteiger partial charge is 0.234 e. The third-order valence-corrected chi connectivity index (χ3v) is 4.84. The lowest BCUT2D eigenvalue weighted by Gasteiger charge is -2.21. The first-order valence-corrected chi connectivity index (χ1v) is 7.63. The lowest BCUT2D eigenvalue weighted by molar-refractivity contribution is 0.371. The molecule has 2 fully saturated rings. The lowest BCUT2D eigenvalue weighted by atomic mass is 9.95. The van der Waals surface area contributed by atoms with Crippen molar-refractivity contribution < 1.29 is 0 Å². The molecule has 0 radical (unpaired) electrons. The number of hydrogen-bond acceptors (Lipinski definition) is 5. The third-order valence-electron chi connectivity index (χ3n) is 3.92. The molecule has 0 amide bonds. The molecule has 1 saturated heterocycles. The van der Waals surface area contributed by atoms with Crippen molar-refractivity contribution >= 4 is 16.3 Å². The first-order valence-electron chi connectivity index (χ1n) is 6.82. The van der Waals surface area contributed by atoms with E-state index in [0.29, 0.717) is 5.92 Å². The van der Waals surface area contributed by atoms with Crippen LogP contribution in [0.25, 0.3) is 4.96 Å². The molecule has 1 saturated carbocycles. The van der Waals surface area contributed by atoms with Gasteiger partial charge in [-0.1, -0.05) is 11.3 Å². The molecule has 1 aliphatic heterocycles. The van der Waals surface area contributed by atoms with E-state index in [-0.39, 0.29) is 0 Å². The van der Waals surface area contributed by atoms with Gasteiger partial charge in [0, 0.05) is 12.3 Å². The average molecular weight is 263 g/mol. The van der Waals surface area contributed by atoms with Crippen molar-refractivity contribution in [1.82, 2.24) is 25.1 Å². The zero-order valence-electron chi connectivity index (χ0n) is 10.3. The minimum absolute atomic E-state index is 0.619. The predicted molar refractivity (Wildman–Crippen MR) is 69.9 cm³/mol. The van der Waals surface area contributed by atoms with Gasteiger partial charge in [0.05, 0.1) is 0 Å². The van der Waals surface area contributed by atoms with Crippen molar-refractivity contribution in [2.45, 2.75) is 38.0 Å². The first-order chi connectivity index (χ1) is 8.90. The quantitative estimate of drug-likeness (QED) is 0.914. The van der Waals surface area contributed by atoms with E-state index in [1.165, 1.54) is 30.7 Å². The molecule has 5 nitrogen and oxygen atoms in total. The van der Waals surface area contributed by atoms with Gasteiger partial charge in [0.15, 0.2) is 5.82 Å². The summed E-state index contributed by atoms with van der Waals surface area (Å²) in [6.07, 6.45) is 6.16. The Balaban J connectivity index is 1.57. The molecule has 0 aromatic carbocycles. The Morgan fingerprint density at radius 1 is 1.17 bits per heavy atom. The molecular weight excluding hydrogens is 246 g/mol. The van der Waals surface area contributed by atoms with E-state index in [9.17, 15) is 0 Å². The minimum Gasteiger partial charge on any atom is -0.317 e. The molecule has 4 rings (SSSR count). The van der Waals surface area contributed by atoms with Crippen LogP contribution in [0, 0.1) is 5.92 Å². The summed E-state index contributed by atoms with van der Waals surface area (Å²) in [6.45, 7) is 2.31. The van der Waals surface area contributed by atoms with Gasteiger partial charge in [-0.2, -0.15) is 9.61 Å². The molecule has 1 N–H and O–H groups in total. The van der Waals surface area contributed by atoms with Gasteiger partial charge >= 0.3 is 0 Å². The Bertz CT molecular complexity index is 550. The summed E-state index contributed by atoms with van der Waals surface area (Å²) in [6, 6.07) is 0. The maximum absolute atomic E-state index is 4.72. The molecule has 1 aliphatic carbocycles. The fourth-order valence-electron chi connectivity index (χ4n) is 2.68. The molecule has 0 atom stereocenters. The van der Waals surface area contributed by atoms with Crippen molar-refractivity contribution in [3.8, 4) is 0 Å². The molecule has 3 heterocycles. The van der Waals surface area contributed by atoms with Gasteiger partial charge < -0.3 is 5.32 Å². The van der Waals surface area contributed by atoms with Crippen molar-refractivity contribution in [3.05, 3.63) is 10.8 Å². The summed E-state index contributed by atoms with van der Waals surface area (Å²) < 4.78 is 1.98. The standard InChI is InChI=1S/C12H17N5S/c1-2-9(1)11-14-15-12-17(11)16-10(18-12)7-8-3-5-13-6-4-8/h8-9,13H,1-7H2. The van der Waals surface area contributed by atoms with E-state index in [1.807, 2.05) is 4.52 Å². The van der Waals surface area contributed by atoms with E-state index in [1.54, 1.807) is 11.3 Å². The van der Waals surface area contributed by atoms with Crippen LogP contribution in [0.3, 0.4) is 0 Å². The summed E-state index contributed by atoms with van der Waals surface area (Å²) >= 11 is 1.71. The van der Waals surface area contributed by atoms with Crippen molar-refractivity contribution in [2.75, 3.05) is 13.1 Å². The highest BCUT2D eigenvalue weighted by atomic mass is 32.1. The van der Waals surface area contributed by atoms with Crippen LogP contribution in [0.15, 0.2) is 0 Å². The molecular formula is C12H17N5S. The number of rotatable bonds is 3. The largest absolute Gasteiger partial charge is 0.317 e. The van der Waals surface area contributed by atoms with E-state index in [0.717, 1.165) is 36.2 Å². The Hall–Kier alpha value is -1.01. The van der Waals surface area contributed by atoms with Gasteiger partial charge in [-0.25, -0.2) is 0 Å². The lowest BCUT2D eigenvalue weighted by Crippen LogP contribution is -2.28.